The maximum absolute atomic E-state index is 10.9. The lowest BCUT2D eigenvalue weighted by Gasteiger charge is -1.99. The van der Waals surface area contributed by atoms with E-state index in [1.807, 2.05) is 18.2 Å². The van der Waals surface area contributed by atoms with Crippen molar-refractivity contribution < 1.29 is 4.79 Å². The van der Waals surface area contributed by atoms with E-state index in [4.69, 9.17) is 34.8 Å². The quantitative estimate of drug-likeness (QED) is 0.751. The van der Waals surface area contributed by atoms with Crippen LogP contribution < -0.4 is 0 Å². The second kappa shape index (κ2) is 4.79. The zero-order valence-electron chi connectivity index (χ0n) is 8.29. The minimum atomic E-state index is -0.276. The van der Waals surface area contributed by atoms with E-state index in [-0.39, 0.29) is 17.1 Å². The summed E-state index contributed by atoms with van der Waals surface area (Å²) >= 11 is 17.3. The molecule has 0 unspecified atom stereocenters. The zero-order valence-corrected chi connectivity index (χ0v) is 10.6. The molecule has 4 heteroatoms. The largest absolute Gasteiger partial charge is 0.281 e. The predicted molar refractivity (Wildman–Crippen MR) is 67.7 cm³/mol. The van der Waals surface area contributed by atoms with Gasteiger partial charge in [0.2, 0.25) is 5.24 Å². The summed E-state index contributed by atoms with van der Waals surface area (Å²) in [6.45, 7) is 0. The highest BCUT2D eigenvalue weighted by atomic mass is 35.5. The van der Waals surface area contributed by atoms with Crippen LogP contribution in [0.3, 0.4) is 0 Å². The molecular weight excluding hydrogens is 266 g/mol. The van der Waals surface area contributed by atoms with E-state index in [1.54, 1.807) is 12.1 Å². The number of benzene rings is 1. The Morgan fingerprint density at radius 2 is 1.88 bits per heavy atom. The molecule has 0 heterocycles. The van der Waals surface area contributed by atoms with E-state index in [0.29, 0.717) is 10.1 Å². The van der Waals surface area contributed by atoms with Gasteiger partial charge in [0.15, 0.2) is 0 Å². The molecule has 1 aliphatic carbocycles. The van der Waals surface area contributed by atoms with Gasteiger partial charge in [0.25, 0.3) is 0 Å². The molecule has 0 amide bonds. The van der Waals surface area contributed by atoms with Gasteiger partial charge in [0, 0.05) is 16.0 Å². The molecule has 16 heavy (non-hydrogen) atoms. The molecule has 0 radical (unpaired) electrons. The van der Waals surface area contributed by atoms with Crippen molar-refractivity contribution in [2.45, 2.75) is 6.42 Å². The van der Waals surface area contributed by atoms with Gasteiger partial charge < -0.3 is 0 Å². The Labute approximate surface area is 109 Å². The van der Waals surface area contributed by atoms with Crippen LogP contribution in [0.15, 0.2) is 30.3 Å². The highest BCUT2D eigenvalue weighted by Gasteiger charge is 2.40. The first-order chi connectivity index (χ1) is 7.58. The fourth-order valence-corrected chi connectivity index (χ4v) is 2.22. The Bertz CT molecular complexity index is 436. The van der Waals surface area contributed by atoms with Gasteiger partial charge >= 0.3 is 0 Å². The van der Waals surface area contributed by atoms with Gasteiger partial charge in [0.05, 0.1) is 0 Å². The average Bonchev–Trinajstić information content (AvgIpc) is 2.98. The van der Waals surface area contributed by atoms with Crippen molar-refractivity contribution in [3.8, 4) is 0 Å². The van der Waals surface area contributed by atoms with Gasteiger partial charge in [-0.25, -0.2) is 0 Å². The molecule has 1 aromatic carbocycles. The van der Waals surface area contributed by atoms with Crippen LogP contribution in [-0.4, -0.2) is 5.24 Å². The Morgan fingerprint density at radius 3 is 2.38 bits per heavy atom. The average molecular weight is 276 g/mol. The summed E-state index contributed by atoms with van der Waals surface area (Å²) in [7, 11) is 0. The summed E-state index contributed by atoms with van der Waals surface area (Å²) in [6, 6.07) is 7.26. The maximum atomic E-state index is 10.9. The van der Waals surface area contributed by atoms with Crippen molar-refractivity contribution in [2.24, 2.45) is 11.8 Å². The van der Waals surface area contributed by atoms with Crippen molar-refractivity contribution >= 4 is 45.1 Å². The normalized spacial score (nSPS) is 24.3. The van der Waals surface area contributed by atoms with E-state index in [2.05, 4.69) is 0 Å². The van der Waals surface area contributed by atoms with E-state index in [1.165, 1.54) is 0 Å². The van der Waals surface area contributed by atoms with Gasteiger partial charge in [-0.05, 0) is 41.6 Å². The molecule has 1 aliphatic rings. The van der Waals surface area contributed by atoms with Crippen LogP contribution in [0.2, 0.25) is 5.02 Å². The van der Waals surface area contributed by atoms with E-state index >= 15 is 0 Å². The van der Waals surface area contributed by atoms with Crippen LogP contribution in [0.1, 0.15) is 12.0 Å². The lowest BCUT2D eigenvalue weighted by molar-refractivity contribution is -0.112. The molecule has 1 nitrogen and oxygen atoms in total. The molecule has 1 saturated carbocycles. The molecule has 0 N–H and O–H groups in total. The van der Waals surface area contributed by atoms with Crippen LogP contribution in [0.25, 0.3) is 5.03 Å². The summed E-state index contributed by atoms with van der Waals surface area (Å²) < 4.78 is 0. The summed E-state index contributed by atoms with van der Waals surface area (Å²) in [5.41, 5.74) is 0.902. The number of allylic oxidation sites excluding steroid dienone is 1. The monoisotopic (exact) mass is 274 g/mol. The van der Waals surface area contributed by atoms with Crippen LogP contribution >= 0.6 is 34.8 Å². The lowest BCUT2D eigenvalue weighted by atomic mass is 10.2. The Hall–Kier alpha value is -0.500. The highest BCUT2D eigenvalue weighted by molar-refractivity contribution is 6.64. The van der Waals surface area contributed by atoms with Crippen molar-refractivity contribution in [1.29, 1.82) is 0 Å². The standard InChI is InChI=1S/C12H9Cl3O/c13-9-3-1-7(2-4-9)11(14)6-8-5-10(8)12(15)16/h1-4,6,8,10H,5H2/b11-6+/t8-,10+/m0/s1. The SMILES string of the molecule is O=C(Cl)[C@@H]1C[C@H]1/C=C(/Cl)c1ccc(Cl)cc1. The van der Waals surface area contributed by atoms with E-state index in [0.717, 1.165) is 12.0 Å². The third kappa shape index (κ3) is 2.79. The fraction of sp³-hybridized carbons (Fsp3) is 0.250. The van der Waals surface area contributed by atoms with Crippen LogP contribution in [-0.2, 0) is 4.79 Å². The third-order valence-corrected chi connectivity index (χ3v) is 3.49. The van der Waals surface area contributed by atoms with Crippen molar-refractivity contribution in [3.05, 3.63) is 40.9 Å². The third-order valence-electron chi connectivity index (χ3n) is 2.61. The lowest BCUT2D eigenvalue weighted by Crippen LogP contribution is -1.90. The van der Waals surface area contributed by atoms with E-state index in [9.17, 15) is 4.79 Å². The van der Waals surface area contributed by atoms with Gasteiger partial charge in [-0.2, -0.15) is 0 Å². The first kappa shape index (κ1) is 12.0. The van der Waals surface area contributed by atoms with Gasteiger partial charge in [-0.15, -0.1) is 0 Å². The van der Waals surface area contributed by atoms with Crippen LogP contribution in [0.5, 0.6) is 0 Å². The number of hydrogen-bond donors (Lipinski definition) is 0. The second-order valence-electron chi connectivity index (χ2n) is 3.83. The molecule has 2 rings (SSSR count). The second-order valence-corrected chi connectivity index (χ2v) is 5.05. The number of hydrogen-bond acceptors (Lipinski definition) is 1. The van der Waals surface area contributed by atoms with Crippen molar-refractivity contribution in [3.63, 3.8) is 0 Å². The number of halogens is 3. The van der Waals surface area contributed by atoms with Gasteiger partial charge in [0.1, 0.15) is 0 Å². The smallest absolute Gasteiger partial charge is 0.225 e. The molecule has 1 fully saturated rings. The maximum Gasteiger partial charge on any atom is 0.225 e. The minimum Gasteiger partial charge on any atom is -0.281 e. The Balaban J connectivity index is 2.08. The van der Waals surface area contributed by atoms with Crippen molar-refractivity contribution in [1.82, 2.24) is 0 Å². The number of carbonyl (C=O) groups excluding carboxylic acids is 1. The Morgan fingerprint density at radius 1 is 1.25 bits per heavy atom. The first-order valence-electron chi connectivity index (χ1n) is 4.90. The molecule has 0 aliphatic heterocycles. The molecule has 0 saturated heterocycles. The van der Waals surface area contributed by atoms with Gasteiger partial charge in [-0.3, -0.25) is 4.79 Å². The highest BCUT2D eigenvalue weighted by Crippen LogP contribution is 2.43. The Kier molecular flexibility index (Phi) is 3.58. The van der Waals surface area contributed by atoms with Crippen LogP contribution in [0.4, 0.5) is 0 Å². The minimum absolute atomic E-state index is 0.0530. The molecule has 2 atom stereocenters. The summed E-state index contributed by atoms with van der Waals surface area (Å²) in [4.78, 5) is 10.9. The summed E-state index contributed by atoms with van der Waals surface area (Å²) in [5.74, 6) is 0.135. The van der Waals surface area contributed by atoms with E-state index < -0.39 is 0 Å². The summed E-state index contributed by atoms with van der Waals surface area (Å²) in [6.07, 6.45) is 2.68. The predicted octanol–water partition coefficient (Wildman–Crippen LogP) is 4.32. The molecule has 0 aromatic heterocycles. The zero-order chi connectivity index (χ0) is 11.7. The number of carbonyl (C=O) groups is 1. The van der Waals surface area contributed by atoms with Crippen molar-refractivity contribution in [2.75, 3.05) is 0 Å². The van der Waals surface area contributed by atoms with Crippen LogP contribution in [0, 0.1) is 11.8 Å². The molecule has 0 spiro atoms. The molecule has 84 valence electrons. The fourth-order valence-electron chi connectivity index (χ4n) is 1.55. The first-order valence-corrected chi connectivity index (χ1v) is 6.04. The molecular formula is C12H9Cl3O. The summed E-state index contributed by atoms with van der Waals surface area (Å²) in [5, 5.41) is 1.04. The number of rotatable bonds is 3. The topological polar surface area (TPSA) is 17.1 Å². The molecule has 0 bridgehead atoms. The molecule has 1 aromatic rings. The van der Waals surface area contributed by atoms with Gasteiger partial charge in [-0.1, -0.05) is 41.4 Å².